The van der Waals surface area contributed by atoms with Gasteiger partial charge >= 0.3 is 5.97 Å². The van der Waals surface area contributed by atoms with Crippen molar-refractivity contribution >= 4 is 21.9 Å². The first-order chi connectivity index (χ1) is 8.04. The minimum Gasteiger partial charge on any atom is -0.466 e. The summed E-state index contributed by atoms with van der Waals surface area (Å²) in [6.07, 6.45) is 8.47. The number of alkyl halides is 1. The lowest BCUT2D eigenvalue weighted by atomic mass is 9.87. The summed E-state index contributed by atoms with van der Waals surface area (Å²) in [4.78, 5) is 11.6. The molecule has 0 atom stereocenters. The second-order valence-electron chi connectivity index (χ2n) is 5.16. The Labute approximate surface area is 115 Å². The van der Waals surface area contributed by atoms with Gasteiger partial charge in [-0.1, -0.05) is 48.0 Å². The molecular formula is C14H27BrO2. The van der Waals surface area contributed by atoms with Gasteiger partial charge in [0.2, 0.25) is 0 Å². The summed E-state index contributed by atoms with van der Waals surface area (Å²) >= 11 is 3.44. The zero-order valence-corrected chi connectivity index (χ0v) is 13.1. The summed E-state index contributed by atoms with van der Waals surface area (Å²) in [6.45, 7) is 6.30. The quantitative estimate of drug-likeness (QED) is 0.332. The van der Waals surface area contributed by atoms with Crippen molar-refractivity contribution in [1.82, 2.24) is 0 Å². The van der Waals surface area contributed by atoms with Crippen LogP contribution in [0.25, 0.3) is 0 Å². The molecule has 0 saturated carbocycles. The fourth-order valence-electron chi connectivity index (χ4n) is 1.80. The third-order valence-corrected chi connectivity index (χ3v) is 3.57. The van der Waals surface area contributed by atoms with E-state index in [-0.39, 0.29) is 11.4 Å². The third kappa shape index (κ3) is 8.64. The Morgan fingerprint density at radius 2 is 1.59 bits per heavy atom. The molecule has 17 heavy (non-hydrogen) atoms. The first-order valence-corrected chi connectivity index (χ1v) is 7.90. The number of carbonyl (C=O) groups is 1. The van der Waals surface area contributed by atoms with Crippen LogP contribution < -0.4 is 0 Å². The van der Waals surface area contributed by atoms with Gasteiger partial charge in [0.25, 0.3) is 0 Å². The Kier molecular flexibility index (Phi) is 9.90. The number of halogens is 1. The van der Waals surface area contributed by atoms with Crippen molar-refractivity contribution in [2.24, 2.45) is 5.41 Å². The number of carbonyl (C=O) groups excluding carboxylic acids is 1. The smallest absolute Gasteiger partial charge is 0.311 e. The van der Waals surface area contributed by atoms with E-state index in [1.54, 1.807) is 0 Å². The highest BCUT2D eigenvalue weighted by molar-refractivity contribution is 9.09. The first kappa shape index (κ1) is 16.9. The largest absolute Gasteiger partial charge is 0.466 e. The molecular weight excluding hydrogens is 280 g/mol. The van der Waals surface area contributed by atoms with E-state index < -0.39 is 0 Å². The second kappa shape index (κ2) is 9.93. The summed E-state index contributed by atoms with van der Waals surface area (Å²) in [5.41, 5.74) is -0.314. The minimum atomic E-state index is -0.314. The molecule has 0 rings (SSSR count). The zero-order valence-electron chi connectivity index (χ0n) is 11.6. The average Bonchev–Trinajstić information content (AvgIpc) is 2.28. The lowest BCUT2D eigenvalue weighted by Crippen LogP contribution is -2.26. The van der Waals surface area contributed by atoms with Gasteiger partial charge in [0.1, 0.15) is 0 Å². The number of hydrogen-bond acceptors (Lipinski definition) is 2. The van der Waals surface area contributed by atoms with Gasteiger partial charge in [-0.15, -0.1) is 0 Å². The van der Waals surface area contributed by atoms with Crippen LogP contribution in [0.1, 0.15) is 65.7 Å². The molecule has 0 fully saturated rings. The van der Waals surface area contributed by atoms with Gasteiger partial charge < -0.3 is 4.74 Å². The minimum absolute atomic E-state index is 0.0562. The molecule has 0 heterocycles. The second-order valence-corrected chi connectivity index (χ2v) is 5.96. The zero-order chi connectivity index (χ0) is 13.1. The van der Waals surface area contributed by atoms with E-state index in [2.05, 4.69) is 15.9 Å². The van der Waals surface area contributed by atoms with Gasteiger partial charge in [0.05, 0.1) is 12.0 Å². The summed E-state index contributed by atoms with van der Waals surface area (Å²) in [5, 5.41) is 1.11. The van der Waals surface area contributed by atoms with E-state index in [1.165, 1.54) is 32.1 Å². The monoisotopic (exact) mass is 306 g/mol. The Balaban J connectivity index is 3.55. The molecule has 0 N–H and O–H groups in total. The van der Waals surface area contributed by atoms with Gasteiger partial charge in [0.15, 0.2) is 0 Å². The van der Waals surface area contributed by atoms with E-state index in [0.29, 0.717) is 6.61 Å². The van der Waals surface area contributed by atoms with Crippen LogP contribution in [-0.2, 0) is 9.53 Å². The molecule has 3 heteroatoms. The Bertz CT molecular complexity index is 202. The molecule has 0 amide bonds. The van der Waals surface area contributed by atoms with Crippen LogP contribution in [0.4, 0.5) is 0 Å². The van der Waals surface area contributed by atoms with E-state index in [9.17, 15) is 4.79 Å². The highest BCUT2D eigenvalue weighted by Crippen LogP contribution is 2.25. The fourth-order valence-corrected chi connectivity index (χ4v) is 2.19. The summed E-state index contributed by atoms with van der Waals surface area (Å²) in [7, 11) is 0. The molecule has 0 unspecified atom stereocenters. The molecule has 0 aliphatic carbocycles. The first-order valence-electron chi connectivity index (χ1n) is 6.77. The summed E-state index contributed by atoms with van der Waals surface area (Å²) in [6, 6.07) is 0. The van der Waals surface area contributed by atoms with E-state index in [4.69, 9.17) is 4.74 Å². The topological polar surface area (TPSA) is 26.3 Å². The van der Waals surface area contributed by atoms with Crippen molar-refractivity contribution in [3.63, 3.8) is 0 Å². The molecule has 0 aliphatic heterocycles. The summed E-state index contributed by atoms with van der Waals surface area (Å²) in [5.74, 6) is -0.0562. The molecule has 0 spiro atoms. The highest BCUT2D eigenvalue weighted by atomic mass is 79.9. The van der Waals surface area contributed by atoms with Crippen molar-refractivity contribution in [2.75, 3.05) is 11.9 Å². The van der Waals surface area contributed by atoms with Crippen molar-refractivity contribution in [1.29, 1.82) is 0 Å². The Morgan fingerprint density at radius 1 is 1.06 bits per heavy atom. The summed E-state index contributed by atoms with van der Waals surface area (Å²) < 4.78 is 5.07. The average molecular weight is 307 g/mol. The van der Waals surface area contributed by atoms with Crippen LogP contribution in [-0.4, -0.2) is 17.9 Å². The van der Waals surface area contributed by atoms with Crippen molar-refractivity contribution in [3.8, 4) is 0 Å². The van der Waals surface area contributed by atoms with E-state index in [0.717, 1.165) is 18.2 Å². The standard InChI is InChI=1S/C14H27BrO2/c1-4-17-13(16)14(2,3)11-9-7-5-6-8-10-12-15/h4-12H2,1-3H3. The highest BCUT2D eigenvalue weighted by Gasteiger charge is 2.28. The van der Waals surface area contributed by atoms with Crippen LogP contribution in [0.5, 0.6) is 0 Å². The normalized spacial score (nSPS) is 11.5. The Hall–Kier alpha value is -0.0500. The van der Waals surface area contributed by atoms with Gasteiger partial charge in [-0.3, -0.25) is 4.79 Å². The van der Waals surface area contributed by atoms with Gasteiger partial charge in [-0.2, -0.15) is 0 Å². The van der Waals surface area contributed by atoms with Crippen molar-refractivity contribution < 1.29 is 9.53 Å². The lowest BCUT2D eigenvalue weighted by Gasteiger charge is -2.21. The predicted octanol–water partition coefficient (Wildman–Crippen LogP) is 4.70. The number of rotatable bonds is 10. The molecule has 0 radical (unpaired) electrons. The van der Waals surface area contributed by atoms with Crippen LogP contribution in [0.2, 0.25) is 0 Å². The third-order valence-electron chi connectivity index (χ3n) is 3.01. The van der Waals surface area contributed by atoms with Crippen molar-refractivity contribution in [2.45, 2.75) is 65.7 Å². The lowest BCUT2D eigenvalue weighted by molar-refractivity contribution is -0.153. The molecule has 0 aromatic carbocycles. The molecule has 0 aromatic heterocycles. The molecule has 0 bridgehead atoms. The number of esters is 1. The maximum Gasteiger partial charge on any atom is 0.311 e. The fraction of sp³-hybridized carbons (Fsp3) is 0.929. The van der Waals surface area contributed by atoms with Crippen LogP contribution in [0.15, 0.2) is 0 Å². The molecule has 0 aromatic rings. The van der Waals surface area contributed by atoms with E-state index in [1.807, 2.05) is 20.8 Å². The molecule has 0 aliphatic rings. The SMILES string of the molecule is CCOC(=O)C(C)(C)CCCCCCCCBr. The van der Waals surface area contributed by atoms with Gasteiger partial charge in [-0.25, -0.2) is 0 Å². The van der Waals surface area contributed by atoms with Gasteiger partial charge in [0, 0.05) is 5.33 Å². The maximum atomic E-state index is 11.6. The van der Waals surface area contributed by atoms with Crippen molar-refractivity contribution in [3.05, 3.63) is 0 Å². The van der Waals surface area contributed by atoms with Crippen LogP contribution in [0.3, 0.4) is 0 Å². The number of hydrogen-bond donors (Lipinski definition) is 0. The van der Waals surface area contributed by atoms with Crippen LogP contribution >= 0.6 is 15.9 Å². The maximum absolute atomic E-state index is 11.6. The van der Waals surface area contributed by atoms with E-state index >= 15 is 0 Å². The van der Waals surface area contributed by atoms with Crippen LogP contribution in [0, 0.1) is 5.41 Å². The number of unbranched alkanes of at least 4 members (excludes halogenated alkanes) is 5. The molecule has 102 valence electrons. The molecule has 2 nitrogen and oxygen atoms in total. The number of ether oxygens (including phenoxy) is 1. The Morgan fingerprint density at radius 3 is 2.12 bits per heavy atom. The predicted molar refractivity (Wildman–Crippen MR) is 76.5 cm³/mol. The molecule has 0 saturated heterocycles. The van der Waals surface area contributed by atoms with Gasteiger partial charge in [-0.05, 0) is 33.6 Å².